The lowest BCUT2D eigenvalue weighted by molar-refractivity contribution is -0.174. The molecule has 33 heavy (non-hydrogen) atoms. The second-order valence-corrected chi connectivity index (χ2v) is 10.1. The van der Waals surface area contributed by atoms with Crippen LogP contribution < -0.4 is 11.1 Å². The van der Waals surface area contributed by atoms with E-state index in [1.807, 2.05) is 26.8 Å². The molecule has 0 saturated carbocycles. The van der Waals surface area contributed by atoms with Gasteiger partial charge in [0.25, 0.3) is 5.91 Å². The van der Waals surface area contributed by atoms with Crippen LogP contribution in [0.1, 0.15) is 53.5 Å². The maximum atomic E-state index is 13.4. The lowest BCUT2D eigenvalue weighted by atomic mass is 9.79. The maximum Gasteiger partial charge on any atom is 0.337 e. The number of esters is 2. The summed E-state index contributed by atoms with van der Waals surface area (Å²) in [4.78, 5) is 39.7. The smallest absolute Gasteiger partial charge is 0.337 e. The maximum absolute atomic E-state index is 13.4. The summed E-state index contributed by atoms with van der Waals surface area (Å²) in [6.45, 7) is 13.5. The summed E-state index contributed by atoms with van der Waals surface area (Å²) in [6.07, 6.45) is 1.29. The Labute approximate surface area is 196 Å². The monoisotopic (exact) mass is 462 g/mol. The second-order valence-electron chi connectivity index (χ2n) is 10.1. The number of allylic oxidation sites excluding steroid dienone is 1. The predicted octanol–water partition coefficient (Wildman–Crippen LogP) is 2.48. The summed E-state index contributed by atoms with van der Waals surface area (Å²) in [5.41, 5.74) is 3.25. The zero-order chi connectivity index (χ0) is 25.4. The number of ether oxygens (including phenoxy) is 2. The van der Waals surface area contributed by atoms with Gasteiger partial charge in [0.05, 0.1) is 18.6 Å². The van der Waals surface area contributed by atoms with E-state index in [0.717, 1.165) is 5.56 Å². The average molecular weight is 463 g/mol. The molecule has 0 fully saturated rings. The molecular formula is C25H38N2O6. The number of benzene rings is 1. The van der Waals surface area contributed by atoms with E-state index in [1.54, 1.807) is 45.0 Å². The highest BCUT2D eigenvalue weighted by Crippen LogP contribution is 2.28. The number of aliphatic hydroxyl groups excluding tert-OH is 1. The van der Waals surface area contributed by atoms with Crippen molar-refractivity contribution >= 4 is 17.8 Å². The molecule has 0 bridgehead atoms. The number of nitrogens with one attached hydrogen (secondary N) is 1. The fourth-order valence-corrected chi connectivity index (χ4v) is 3.03. The average Bonchev–Trinajstić information content (AvgIpc) is 2.71. The van der Waals surface area contributed by atoms with Crippen LogP contribution in [0.2, 0.25) is 0 Å². The van der Waals surface area contributed by atoms with Gasteiger partial charge in [-0.2, -0.15) is 0 Å². The molecule has 0 saturated heterocycles. The first kappa shape index (κ1) is 28.3. The van der Waals surface area contributed by atoms with E-state index < -0.39 is 46.4 Å². The third-order valence-corrected chi connectivity index (χ3v) is 5.11. The van der Waals surface area contributed by atoms with Crippen molar-refractivity contribution in [3.63, 3.8) is 0 Å². The predicted molar refractivity (Wildman–Crippen MR) is 126 cm³/mol. The third-order valence-electron chi connectivity index (χ3n) is 5.11. The quantitative estimate of drug-likeness (QED) is 0.277. The van der Waals surface area contributed by atoms with E-state index in [-0.39, 0.29) is 19.6 Å². The van der Waals surface area contributed by atoms with Crippen LogP contribution in [0.4, 0.5) is 0 Å². The largest absolute Gasteiger partial charge is 0.461 e. The van der Waals surface area contributed by atoms with Crippen LogP contribution in [-0.2, 0) is 30.5 Å². The molecular weight excluding hydrogens is 424 g/mol. The highest BCUT2D eigenvalue weighted by Gasteiger charge is 2.55. The number of carbonyl (C=O) groups excluding carboxylic acids is 3. The Kier molecular flexibility index (Phi) is 9.81. The Balaban J connectivity index is 3.35. The normalized spacial score (nSPS) is 15.5. The molecule has 8 heteroatoms. The number of hydrogen-bond donors (Lipinski definition) is 3. The summed E-state index contributed by atoms with van der Waals surface area (Å²) in [5.74, 6) is -4.23. The number of amides is 1. The lowest BCUT2D eigenvalue weighted by Gasteiger charge is -2.37. The highest BCUT2D eigenvalue weighted by atomic mass is 16.6. The Morgan fingerprint density at radius 3 is 2.15 bits per heavy atom. The fraction of sp³-hybridized carbons (Fsp3) is 0.560. The summed E-state index contributed by atoms with van der Waals surface area (Å²) in [5, 5.41) is 12.4. The Bertz CT molecular complexity index is 826. The number of nitrogens with two attached hydrogens (primary N) is 1. The SMILES string of the molecule is C=CC[C@H](C(=O)OCc1ccccc1)[C@@](N)(C(=O)NC(CO)C(C)(C)C)C(=O)OC(C)(C)C. The zero-order valence-electron chi connectivity index (χ0n) is 20.5. The van der Waals surface area contributed by atoms with Gasteiger partial charge in [-0.1, -0.05) is 57.2 Å². The molecule has 1 amide bonds. The van der Waals surface area contributed by atoms with E-state index in [1.165, 1.54) is 6.08 Å². The zero-order valence-corrected chi connectivity index (χ0v) is 20.5. The molecule has 184 valence electrons. The molecule has 0 aliphatic heterocycles. The minimum atomic E-state index is -2.41. The van der Waals surface area contributed by atoms with Crippen molar-refractivity contribution in [2.45, 2.75) is 71.8 Å². The van der Waals surface area contributed by atoms with Crippen molar-refractivity contribution in [1.29, 1.82) is 0 Å². The van der Waals surface area contributed by atoms with E-state index >= 15 is 0 Å². The van der Waals surface area contributed by atoms with Crippen molar-refractivity contribution in [3.05, 3.63) is 48.6 Å². The van der Waals surface area contributed by atoms with Crippen molar-refractivity contribution in [2.24, 2.45) is 17.1 Å². The van der Waals surface area contributed by atoms with Crippen LogP contribution >= 0.6 is 0 Å². The molecule has 0 aromatic heterocycles. The van der Waals surface area contributed by atoms with Crippen LogP contribution in [0, 0.1) is 11.3 Å². The topological polar surface area (TPSA) is 128 Å². The van der Waals surface area contributed by atoms with E-state index in [0.29, 0.717) is 0 Å². The van der Waals surface area contributed by atoms with Gasteiger partial charge in [0.2, 0.25) is 5.54 Å². The first-order valence-corrected chi connectivity index (χ1v) is 10.9. The Morgan fingerprint density at radius 1 is 1.12 bits per heavy atom. The first-order valence-electron chi connectivity index (χ1n) is 10.9. The van der Waals surface area contributed by atoms with E-state index in [2.05, 4.69) is 11.9 Å². The molecule has 1 rings (SSSR count). The molecule has 1 unspecified atom stereocenters. The second kappa shape index (κ2) is 11.4. The van der Waals surface area contributed by atoms with Crippen molar-refractivity contribution in [2.75, 3.05) is 6.61 Å². The third kappa shape index (κ3) is 7.98. The summed E-state index contributed by atoms with van der Waals surface area (Å²) in [6, 6.07) is 8.26. The van der Waals surface area contributed by atoms with Gasteiger partial charge in [-0.05, 0) is 38.2 Å². The molecule has 1 aromatic carbocycles. The number of rotatable bonds is 10. The highest BCUT2D eigenvalue weighted by molar-refractivity contribution is 6.11. The van der Waals surface area contributed by atoms with Crippen LogP contribution in [0.5, 0.6) is 0 Å². The van der Waals surface area contributed by atoms with Crippen LogP contribution in [0.3, 0.4) is 0 Å². The van der Waals surface area contributed by atoms with Gasteiger partial charge in [-0.3, -0.25) is 9.59 Å². The van der Waals surface area contributed by atoms with Gasteiger partial charge in [0.15, 0.2) is 0 Å². The summed E-state index contributed by atoms with van der Waals surface area (Å²) in [7, 11) is 0. The van der Waals surface area contributed by atoms with Crippen molar-refractivity contribution in [1.82, 2.24) is 5.32 Å². The van der Waals surface area contributed by atoms with E-state index in [4.69, 9.17) is 15.2 Å². The minimum absolute atomic E-state index is 0.0550. The molecule has 8 nitrogen and oxygen atoms in total. The van der Waals surface area contributed by atoms with Gasteiger partial charge in [-0.15, -0.1) is 6.58 Å². The number of aliphatic hydroxyl groups is 1. The lowest BCUT2D eigenvalue weighted by Crippen LogP contribution is -2.69. The molecule has 0 spiro atoms. The molecule has 3 atom stereocenters. The molecule has 0 aliphatic rings. The fourth-order valence-electron chi connectivity index (χ4n) is 3.03. The van der Waals surface area contributed by atoms with Crippen molar-refractivity contribution in [3.8, 4) is 0 Å². The standard InChI is InChI=1S/C25H38N2O6/c1-8-12-18(20(29)32-16-17-13-10-9-11-14-17)25(26,22(31)33-24(5,6)7)21(30)27-19(15-28)23(2,3)4/h8-11,13-14,18-19,28H,1,12,15-16,26H2,2-7H3,(H,27,30)/t18-,19?,25-/m1/s1. The van der Waals surface area contributed by atoms with Gasteiger partial charge in [-0.25, -0.2) is 4.79 Å². The Hall–Kier alpha value is -2.71. The summed E-state index contributed by atoms with van der Waals surface area (Å²) >= 11 is 0. The van der Waals surface area contributed by atoms with Crippen LogP contribution in [0.15, 0.2) is 43.0 Å². The number of carbonyl (C=O) groups is 3. The van der Waals surface area contributed by atoms with Crippen LogP contribution in [0.25, 0.3) is 0 Å². The molecule has 4 N–H and O–H groups in total. The molecule has 0 aliphatic carbocycles. The van der Waals surface area contributed by atoms with Gasteiger partial charge in [0.1, 0.15) is 12.2 Å². The van der Waals surface area contributed by atoms with Gasteiger partial charge in [0, 0.05) is 0 Å². The number of hydrogen-bond acceptors (Lipinski definition) is 7. The Morgan fingerprint density at radius 2 is 1.70 bits per heavy atom. The molecule has 0 heterocycles. The van der Waals surface area contributed by atoms with Crippen LogP contribution in [-0.4, -0.2) is 46.7 Å². The molecule has 0 radical (unpaired) electrons. The first-order chi connectivity index (χ1) is 15.2. The molecule has 1 aromatic rings. The van der Waals surface area contributed by atoms with Gasteiger partial charge >= 0.3 is 11.9 Å². The summed E-state index contributed by atoms with van der Waals surface area (Å²) < 4.78 is 10.8. The van der Waals surface area contributed by atoms with Crippen molar-refractivity contribution < 1.29 is 29.0 Å². The minimum Gasteiger partial charge on any atom is -0.461 e. The van der Waals surface area contributed by atoms with Gasteiger partial charge < -0.3 is 25.6 Å². The van der Waals surface area contributed by atoms with E-state index in [9.17, 15) is 19.5 Å².